The second-order valence-electron chi connectivity index (χ2n) is 8.11. The summed E-state index contributed by atoms with van der Waals surface area (Å²) < 4.78 is 14.0. The lowest BCUT2D eigenvalue weighted by molar-refractivity contribution is 0.249. The fraction of sp³-hybridized carbons (Fsp3) is 0.760. The first-order valence-corrected chi connectivity index (χ1v) is 11.7. The summed E-state index contributed by atoms with van der Waals surface area (Å²) in [5.41, 5.74) is 0.850. The third kappa shape index (κ3) is 13.0. The van der Waals surface area contributed by atoms with Crippen LogP contribution in [0.2, 0.25) is 0 Å². The van der Waals surface area contributed by atoms with E-state index in [1.807, 2.05) is 12.1 Å². The molecular weight excluding hydrogens is 333 g/mol. The number of benzene rings is 1. The van der Waals surface area contributed by atoms with E-state index >= 15 is 0 Å². The molecule has 0 saturated carbocycles. The molecule has 0 aliphatic rings. The Balaban J connectivity index is 2.29. The van der Waals surface area contributed by atoms with Gasteiger partial charge in [-0.05, 0) is 32.0 Å². The van der Waals surface area contributed by atoms with E-state index in [2.05, 4.69) is 18.7 Å². The van der Waals surface area contributed by atoms with Gasteiger partial charge in [0.15, 0.2) is 0 Å². The third-order valence-electron chi connectivity index (χ3n) is 5.51. The van der Waals surface area contributed by atoms with Gasteiger partial charge in [0.2, 0.25) is 0 Å². The molecule has 0 N–H and O–H groups in total. The quantitative estimate of drug-likeness (QED) is 0.233. The lowest BCUT2D eigenvalue weighted by atomic mass is 10.1. The first kappa shape index (κ1) is 24.1. The maximum Gasteiger partial charge on any atom is 0.127 e. The van der Waals surface area contributed by atoms with Gasteiger partial charge in [-0.15, -0.1) is 0 Å². The fourth-order valence-electron chi connectivity index (χ4n) is 3.72. The van der Waals surface area contributed by atoms with Crippen molar-refractivity contribution in [2.45, 2.75) is 110 Å². The molecule has 1 aromatic carbocycles. The average molecular weight is 378 g/mol. The Morgan fingerprint density at radius 3 is 1.56 bits per heavy atom. The third-order valence-corrected chi connectivity index (χ3v) is 5.51. The maximum atomic E-state index is 14.0. The summed E-state index contributed by atoms with van der Waals surface area (Å²) >= 11 is 0. The van der Waals surface area contributed by atoms with E-state index in [-0.39, 0.29) is 5.82 Å². The molecule has 0 radical (unpaired) electrons. The van der Waals surface area contributed by atoms with Gasteiger partial charge in [0.25, 0.3) is 0 Å². The Labute approximate surface area is 168 Å². The molecule has 0 bridgehead atoms. The van der Waals surface area contributed by atoms with Gasteiger partial charge in [-0.25, -0.2) is 4.39 Å². The molecule has 27 heavy (non-hydrogen) atoms. The number of unbranched alkanes of at least 4 members (excludes halogenated alkanes) is 12. The van der Waals surface area contributed by atoms with Crippen LogP contribution in [0.25, 0.3) is 0 Å². The molecule has 0 aromatic heterocycles. The van der Waals surface area contributed by atoms with E-state index < -0.39 is 0 Å². The summed E-state index contributed by atoms with van der Waals surface area (Å²) in [6, 6.07) is 7.28. The second-order valence-corrected chi connectivity index (χ2v) is 8.11. The van der Waals surface area contributed by atoms with E-state index in [9.17, 15) is 4.39 Å². The number of nitrogens with zero attached hydrogens (tertiary/aromatic N) is 1. The van der Waals surface area contributed by atoms with Crippen molar-refractivity contribution in [3.63, 3.8) is 0 Å². The van der Waals surface area contributed by atoms with Crippen LogP contribution in [0.4, 0.5) is 4.39 Å². The zero-order chi connectivity index (χ0) is 19.6. The summed E-state index contributed by atoms with van der Waals surface area (Å²) in [6.45, 7) is 7.52. The molecule has 0 fully saturated rings. The van der Waals surface area contributed by atoms with Crippen LogP contribution in [0, 0.1) is 5.82 Å². The van der Waals surface area contributed by atoms with Crippen molar-refractivity contribution in [2.24, 2.45) is 0 Å². The van der Waals surface area contributed by atoms with Gasteiger partial charge in [0.1, 0.15) is 5.82 Å². The van der Waals surface area contributed by atoms with Gasteiger partial charge in [-0.2, -0.15) is 0 Å². The molecule has 0 atom stereocenters. The van der Waals surface area contributed by atoms with Crippen LogP contribution in [0.5, 0.6) is 0 Å². The normalized spacial score (nSPS) is 11.4. The number of rotatable bonds is 18. The van der Waals surface area contributed by atoms with E-state index in [0.717, 1.165) is 25.2 Å². The van der Waals surface area contributed by atoms with Gasteiger partial charge in [0, 0.05) is 12.1 Å². The summed E-state index contributed by atoms with van der Waals surface area (Å²) in [5.74, 6) is -0.0540. The van der Waals surface area contributed by atoms with Gasteiger partial charge in [-0.3, -0.25) is 4.90 Å². The second kappa shape index (κ2) is 17.2. The van der Waals surface area contributed by atoms with E-state index in [1.54, 1.807) is 12.1 Å². The minimum absolute atomic E-state index is 0.0540. The molecule has 0 amide bonds. The van der Waals surface area contributed by atoms with Crippen LogP contribution in [-0.2, 0) is 6.54 Å². The van der Waals surface area contributed by atoms with Crippen molar-refractivity contribution >= 4 is 0 Å². The van der Waals surface area contributed by atoms with E-state index in [1.165, 1.54) is 89.9 Å². The van der Waals surface area contributed by atoms with Crippen LogP contribution in [-0.4, -0.2) is 18.0 Å². The highest BCUT2D eigenvalue weighted by atomic mass is 19.1. The van der Waals surface area contributed by atoms with Crippen LogP contribution >= 0.6 is 0 Å². The molecule has 0 heterocycles. The van der Waals surface area contributed by atoms with Gasteiger partial charge in [-0.1, -0.05) is 109 Å². The highest BCUT2D eigenvalue weighted by Gasteiger charge is 2.09. The van der Waals surface area contributed by atoms with Crippen LogP contribution < -0.4 is 0 Å². The molecule has 1 rings (SSSR count). The smallest absolute Gasteiger partial charge is 0.127 e. The fourth-order valence-corrected chi connectivity index (χ4v) is 3.72. The SMILES string of the molecule is CCCCCCCCCN(CCCCCCCCC)Cc1ccccc1F. The van der Waals surface area contributed by atoms with Crippen molar-refractivity contribution in [3.05, 3.63) is 35.6 Å². The Hall–Kier alpha value is -0.890. The minimum atomic E-state index is -0.0540. The van der Waals surface area contributed by atoms with Gasteiger partial charge >= 0.3 is 0 Å². The van der Waals surface area contributed by atoms with Crippen molar-refractivity contribution < 1.29 is 4.39 Å². The molecule has 0 aliphatic carbocycles. The lowest BCUT2D eigenvalue weighted by Crippen LogP contribution is -2.26. The number of hydrogen-bond acceptors (Lipinski definition) is 1. The highest BCUT2D eigenvalue weighted by Crippen LogP contribution is 2.14. The molecule has 0 saturated heterocycles. The Morgan fingerprint density at radius 2 is 1.07 bits per heavy atom. The lowest BCUT2D eigenvalue weighted by Gasteiger charge is -2.23. The zero-order valence-corrected chi connectivity index (χ0v) is 18.2. The van der Waals surface area contributed by atoms with Crippen LogP contribution in [0.15, 0.2) is 24.3 Å². The largest absolute Gasteiger partial charge is 0.299 e. The molecule has 2 heteroatoms. The Kier molecular flexibility index (Phi) is 15.4. The number of halogens is 1. The summed E-state index contributed by atoms with van der Waals surface area (Å²) in [7, 11) is 0. The average Bonchev–Trinajstić information content (AvgIpc) is 2.68. The minimum Gasteiger partial charge on any atom is -0.299 e. The molecule has 0 spiro atoms. The van der Waals surface area contributed by atoms with E-state index in [0.29, 0.717) is 0 Å². The first-order chi connectivity index (χ1) is 13.3. The maximum absolute atomic E-state index is 14.0. The predicted molar refractivity (Wildman–Crippen MR) is 118 cm³/mol. The van der Waals surface area contributed by atoms with Gasteiger partial charge < -0.3 is 0 Å². The first-order valence-electron chi connectivity index (χ1n) is 11.7. The Bertz CT molecular complexity index is 428. The molecular formula is C25H44FN. The predicted octanol–water partition coefficient (Wildman–Crippen LogP) is 8.13. The zero-order valence-electron chi connectivity index (χ0n) is 18.2. The molecule has 0 aliphatic heterocycles. The van der Waals surface area contributed by atoms with Gasteiger partial charge in [0.05, 0.1) is 0 Å². The number of hydrogen-bond donors (Lipinski definition) is 0. The monoisotopic (exact) mass is 377 g/mol. The molecule has 1 nitrogen and oxygen atoms in total. The van der Waals surface area contributed by atoms with E-state index in [4.69, 9.17) is 0 Å². The molecule has 1 aromatic rings. The van der Waals surface area contributed by atoms with Crippen molar-refractivity contribution in [1.29, 1.82) is 0 Å². The summed E-state index contributed by atoms with van der Waals surface area (Å²) in [6.07, 6.45) is 18.7. The summed E-state index contributed by atoms with van der Waals surface area (Å²) in [5, 5.41) is 0. The standard InChI is InChI=1S/C25H44FN/c1-3-5-7-9-11-13-17-21-27(22-18-14-12-10-8-6-4-2)23-24-19-15-16-20-25(24)26/h15-16,19-20H,3-14,17-18,21-23H2,1-2H3. The van der Waals surface area contributed by atoms with Crippen LogP contribution in [0.1, 0.15) is 109 Å². The molecule has 156 valence electrons. The molecule has 0 unspecified atom stereocenters. The topological polar surface area (TPSA) is 3.24 Å². The Morgan fingerprint density at radius 1 is 0.630 bits per heavy atom. The van der Waals surface area contributed by atoms with Crippen molar-refractivity contribution in [2.75, 3.05) is 13.1 Å². The van der Waals surface area contributed by atoms with Crippen molar-refractivity contribution in [3.8, 4) is 0 Å². The van der Waals surface area contributed by atoms with Crippen LogP contribution in [0.3, 0.4) is 0 Å². The summed E-state index contributed by atoms with van der Waals surface area (Å²) in [4.78, 5) is 2.48. The van der Waals surface area contributed by atoms with Crippen molar-refractivity contribution in [1.82, 2.24) is 4.90 Å². The highest BCUT2D eigenvalue weighted by molar-refractivity contribution is 5.17.